The van der Waals surface area contributed by atoms with Gasteiger partial charge in [0, 0.05) is 6.20 Å². The number of carboxylic acid groups (broad SMARTS) is 1. The molecule has 0 aliphatic rings. The maximum atomic E-state index is 10.9. The standard InChI is InChI=1S/C21H13ClN4O3/c22-17-10-14(12-4-2-1-3-5-12)19-16(27)8-7-15(20(19)24-17)25-26-18-9-6-13(11-23-18)21(28)29/h1-11,27H,(H,28,29). The number of hydrogen-bond acceptors (Lipinski definition) is 6. The molecule has 0 bridgehead atoms. The van der Waals surface area contributed by atoms with Crippen LogP contribution >= 0.6 is 11.6 Å². The summed E-state index contributed by atoms with van der Waals surface area (Å²) in [7, 11) is 0. The van der Waals surface area contributed by atoms with Crippen LogP contribution in [-0.4, -0.2) is 26.2 Å². The van der Waals surface area contributed by atoms with Gasteiger partial charge in [-0.1, -0.05) is 41.9 Å². The predicted octanol–water partition coefficient (Wildman–Crippen LogP) is 5.77. The van der Waals surface area contributed by atoms with Crippen molar-refractivity contribution >= 4 is 40.0 Å². The van der Waals surface area contributed by atoms with E-state index in [2.05, 4.69) is 20.2 Å². The van der Waals surface area contributed by atoms with Crippen molar-refractivity contribution in [3.63, 3.8) is 0 Å². The average molecular weight is 405 g/mol. The number of rotatable bonds is 4. The molecule has 0 unspecified atom stereocenters. The number of aromatic carboxylic acids is 1. The molecule has 29 heavy (non-hydrogen) atoms. The number of fused-ring (bicyclic) bond motifs is 1. The first kappa shape index (κ1) is 18.5. The molecule has 0 amide bonds. The van der Waals surface area contributed by atoms with Gasteiger partial charge in [0.05, 0.1) is 10.9 Å². The Hall–Kier alpha value is -3.84. The van der Waals surface area contributed by atoms with Crippen LogP contribution in [0, 0.1) is 0 Å². The summed E-state index contributed by atoms with van der Waals surface area (Å²) in [6, 6.07) is 17.1. The maximum absolute atomic E-state index is 10.9. The Bertz CT molecular complexity index is 1240. The van der Waals surface area contributed by atoms with Crippen LogP contribution < -0.4 is 0 Å². The number of pyridine rings is 2. The predicted molar refractivity (Wildman–Crippen MR) is 109 cm³/mol. The second kappa shape index (κ2) is 7.65. The fourth-order valence-electron chi connectivity index (χ4n) is 2.88. The molecule has 0 spiro atoms. The molecule has 2 N–H and O–H groups in total. The number of phenols is 1. The second-order valence-corrected chi connectivity index (χ2v) is 6.48. The zero-order chi connectivity index (χ0) is 20.4. The first-order valence-electron chi connectivity index (χ1n) is 8.51. The average Bonchev–Trinajstić information content (AvgIpc) is 2.73. The van der Waals surface area contributed by atoms with Gasteiger partial charge in [-0.2, -0.15) is 0 Å². The molecule has 0 atom stereocenters. The molecule has 0 aliphatic heterocycles. The number of nitrogens with zero attached hydrogens (tertiary/aromatic N) is 4. The zero-order valence-electron chi connectivity index (χ0n) is 14.8. The lowest BCUT2D eigenvalue weighted by molar-refractivity contribution is 0.0696. The molecule has 2 aromatic carbocycles. The monoisotopic (exact) mass is 404 g/mol. The van der Waals surface area contributed by atoms with E-state index < -0.39 is 5.97 Å². The summed E-state index contributed by atoms with van der Waals surface area (Å²) in [4.78, 5) is 19.2. The van der Waals surface area contributed by atoms with Crippen molar-refractivity contribution < 1.29 is 15.0 Å². The maximum Gasteiger partial charge on any atom is 0.337 e. The molecule has 0 fully saturated rings. The molecular weight excluding hydrogens is 392 g/mol. The van der Waals surface area contributed by atoms with E-state index in [1.807, 2.05) is 30.3 Å². The van der Waals surface area contributed by atoms with E-state index in [4.69, 9.17) is 16.7 Å². The highest BCUT2D eigenvalue weighted by Crippen LogP contribution is 2.40. The van der Waals surface area contributed by atoms with Crippen molar-refractivity contribution in [3.8, 4) is 16.9 Å². The van der Waals surface area contributed by atoms with Gasteiger partial charge >= 0.3 is 5.97 Å². The second-order valence-electron chi connectivity index (χ2n) is 6.10. The van der Waals surface area contributed by atoms with E-state index in [9.17, 15) is 9.90 Å². The molecule has 8 heteroatoms. The largest absolute Gasteiger partial charge is 0.507 e. The van der Waals surface area contributed by atoms with Crippen molar-refractivity contribution in [2.75, 3.05) is 0 Å². The number of halogens is 1. The lowest BCUT2D eigenvalue weighted by atomic mass is 10.00. The third-order valence-electron chi connectivity index (χ3n) is 4.23. The number of carbonyl (C=O) groups is 1. The lowest BCUT2D eigenvalue weighted by Crippen LogP contribution is -1.95. The fourth-order valence-corrected chi connectivity index (χ4v) is 3.08. The van der Waals surface area contributed by atoms with Crippen molar-refractivity contribution in [1.29, 1.82) is 0 Å². The number of aromatic hydroxyl groups is 1. The van der Waals surface area contributed by atoms with Crippen LogP contribution in [-0.2, 0) is 0 Å². The Labute approximate surface area is 170 Å². The summed E-state index contributed by atoms with van der Waals surface area (Å²) in [5, 5.41) is 28.4. The minimum atomic E-state index is -1.07. The Morgan fingerprint density at radius 1 is 1.00 bits per heavy atom. The Morgan fingerprint density at radius 2 is 1.79 bits per heavy atom. The highest BCUT2D eigenvalue weighted by molar-refractivity contribution is 6.30. The highest BCUT2D eigenvalue weighted by atomic mass is 35.5. The molecule has 0 saturated heterocycles. The van der Waals surface area contributed by atoms with Gasteiger partial charge in [-0.05, 0) is 41.5 Å². The van der Waals surface area contributed by atoms with Crippen LogP contribution in [0.1, 0.15) is 10.4 Å². The van der Waals surface area contributed by atoms with Gasteiger partial charge < -0.3 is 10.2 Å². The van der Waals surface area contributed by atoms with Crippen LogP contribution in [0.2, 0.25) is 5.15 Å². The molecule has 7 nitrogen and oxygen atoms in total. The summed E-state index contributed by atoms with van der Waals surface area (Å²) in [5.41, 5.74) is 2.43. The van der Waals surface area contributed by atoms with Gasteiger partial charge in [0.1, 0.15) is 22.1 Å². The Kier molecular flexibility index (Phi) is 4.88. The fraction of sp³-hybridized carbons (Fsp3) is 0. The van der Waals surface area contributed by atoms with Crippen LogP contribution in [0.15, 0.2) is 77.1 Å². The van der Waals surface area contributed by atoms with E-state index in [-0.39, 0.29) is 22.3 Å². The van der Waals surface area contributed by atoms with Gasteiger partial charge in [0.25, 0.3) is 0 Å². The van der Waals surface area contributed by atoms with Crippen molar-refractivity contribution in [2.24, 2.45) is 10.2 Å². The third kappa shape index (κ3) is 3.76. The van der Waals surface area contributed by atoms with Crippen LogP contribution in [0.3, 0.4) is 0 Å². The van der Waals surface area contributed by atoms with E-state index in [0.29, 0.717) is 16.6 Å². The van der Waals surface area contributed by atoms with Crippen molar-refractivity contribution in [3.05, 3.63) is 77.6 Å². The van der Waals surface area contributed by atoms with E-state index in [1.165, 1.54) is 24.4 Å². The molecule has 4 rings (SSSR count). The SMILES string of the molecule is O=C(O)c1ccc(N=Nc2ccc(O)c3c(-c4ccccc4)cc(Cl)nc23)nc1. The van der Waals surface area contributed by atoms with Crippen molar-refractivity contribution in [2.45, 2.75) is 0 Å². The quantitative estimate of drug-likeness (QED) is 0.331. The number of azo groups is 1. The summed E-state index contributed by atoms with van der Waals surface area (Å²) < 4.78 is 0. The van der Waals surface area contributed by atoms with Gasteiger partial charge in [0.15, 0.2) is 5.82 Å². The van der Waals surface area contributed by atoms with Gasteiger partial charge in [-0.3, -0.25) is 0 Å². The molecule has 142 valence electrons. The first-order chi connectivity index (χ1) is 14.0. The smallest absolute Gasteiger partial charge is 0.337 e. The Morgan fingerprint density at radius 3 is 2.48 bits per heavy atom. The number of carboxylic acids is 1. The van der Waals surface area contributed by atoms with E-state index in [1.54, 1.807) is 12.1 Å². The number of benzene rings is 2. The summed E-state index contributed by atoms with van der Waals surface area (Å²) >= 11 is 6.23. The highest BCUT2D eigenvalue weighted by Gasteiger charge is 2.14. The minimum Gasteiger partial charge on any atom is -0.507 e. The summed E-state index contributed by atoms with van der Waals surface area (Å²) in [6.07, 6.45) is 1.20. The third-order valence-corrected chi connectivity index (χ3v) is 4.42. The van der Waals surface area contributed by atoms with Crippen LogP contribution in [0.25, 0.3) is 22.0 Å². The number of aromatic nitrogens is 2. The van der Waals surface area contributed by atoms with Crippen LogP contribution in [0.5, 0.6) is 5.75 Å². The zero-order valence-corrected chi connectivity index (χ0v) is 15.6. The molecule has 0 saturated carbocycles. The summed E-state index contributed by atoms with van der Waals surface area (Å²) in [6.45, 7) is 0. The normalized spacial score (nSPS) is 11.2. The van der Waals surface area contributed by atoms with E-state index in [0.717, 1.165) is 11.1 Å². The lowest BCUT2D eigenvalue weighted by Gasteiger charge is -2.10. The Balaban J connectivity index is 1.83. The number of phenolic OH excluding ortho intramolecular Hbond substituents is 1. The van der Waals surface area contributed by atoms with Gasteiger partial charge in [-0.15, -0.1) is 10.2 Å². The molecular formula is C21H13ClN4O3. The van der Waals surface area contributed by atoms with Crippen molar-refractivity contribution in [1.82, 2.24) is 9.97 Å². The summed E-state index contributed by atoms with van der Waals surface area (Å²) in [5.74, 6) is -0.787. The number of hydrogen-bond donors (Lipinski definition) is 2. The van der Waals surface area contributed by atoms with Gasteiger partial charge in [-0.25, -0.2) is 14.8 Å². The molecule has 2 heterocycles. The minimum absolute atomic E-state index is 0.0471. The first-order valence-corrected chi connectivity index (χ1v) is 8.89. The molecule has 0 aliphatic carbocycles. The van der Waals surface area contributed by atoms with Gasteiger partial charge in [0.2, 0.25) is 0 Å². The van der Waals surface area contributed by atoms with E-state index >= 15 is 0 Å². The topological polar surface area (TPSA) is 108 Å². The molecule has 4 aromatic rings. The molecule has 2 aromatic heterocycles. The van der Waals surface area contributed by atoms with Crippen LogP contribution in [0.4, 0.5) is 11.5 Å². The molecule has 0 radical (unpaired) electrons.